The molecular formula is C15H23ClO. The Morgan fingerprint density at radius 1 is 1.29 bits per heavy atom. The minimum atomic E-state index is 0.310. The van der Waals surface area contributed by atoms with Crippen molar-refractivity contribution in [3.05, 3.63) is 35.4 Å². The third-order valence-electron chi connectivity index (χ3n) is 2.80. The summed E-state index contributed by atoms with van der Waals surface area (Å²) < 4.78 is 5.58. The van der Waals surface area contributed by atoms with Gasteiger partial charge in [-0.05, 0) is 45.1 Å². The first-order valence-corrected chi connectivity index (χ1v) is 6.88. The van der Waals surface area contributed by atoms with Gasteiger partial charge in [-0.2, -0.15) is 0 Å². The van der Waals surface area contributed by atoms with E-state index in [1.807, 2.05) is 0 Å². The molecule has 0 fully saturated rings. The van der Waals surface area contributed by atoms with Crippen LogP contribution < -0.4 is 0 Å². The highest BCUT2D eigenvalue weighted by atomic mass is 35.5. The smallest absolute Gasteiger partial charge is 0.0518 e. The van der Waals surface area contributed by atoms with Gasteiger partial charge in [0.1, 0.15) is 0 Å². The van der Waals surface area contributed by atoms with Gasteiger partial charge in [0, 0.05) is 12.5 Å². The Balaban J connectivity index is 2.41. The lowest BCUT2D eigenvalue weighted by Gasteiger charge is -2.15. The van der Waals surface area contributed by atoms with Crippen LogP contribution in [-0.4, -0.2) is 18.6 Å². The maximum absolute atomic E-state index is 6.02. The van der Waals surface area contributed by atoms with Gasteiger partial charge in [-0.15, -0.1) is 11.6 Å². The molecule has 0 radical (unpaired) electrons. The fraction of sp³-hybridized carbons (Fsp3) is 0.600. The Bertz CT molecular complexity index is 322. The van der Waals surface area contributed by atoms with Crippen molar-refractivity contribution in [2.24, 2.45) is 5.92 Å². The Labute approximate surface area is 110 Å². The Morgan fingerprint density at radius 2 is 2.06 bits per heavy atom. The summed E-state index contributed by atoms with van der Waals surface area (Å²) in [5.41, 5.74) is 2.69. The molecule has 0 saturated heterocycles. The highest BCUT2D eigenvalue weighted by Gasteiger charge is 2.09. The first kappa shape index (κ1) is 14.5. The molecule has 0 saturated carbocycles. The molecule has 1 aromatic carbocycles. The SMILES string of the molecule is Cc1cccc(CC(CCl)CCOC(C)C)c1. The normalized spacial score (nSPS) is 13.0. The standard InChI is InChI=1S/C15H23ClO/c1-12(2)17-8-7-15(11-16)10-14-6-4-5-13(3)9-14/h4-6,9,12,15H,7-8,10-11H2,1-3H3. The van der Waals surface area contributed by atoms with Crippen LogP contribution in [0.25, 0.3) is 0 Å². The molecular weight excluding hydrogens is 232 g/mol. The first-order chi connectivity index (χ1) is 8.11. The minimum absolute atomic E-state index is 0.310. The molecule has 1 unspecified atom stereocenters. The third-order valence-corrected chi connectivity index (χ3v) is 3.24. The van der Waals surface area contributed by atoms with Crippen molar-refractivity contribution in [1.82, 2.24) is 0 Å². The summed E-state index contributed by atoms with van der Waals surface area (Å²) in [6.45, 7) is 7.06. The molecule has 2 heteroatoms. The number of rotatable bonds is 7. The molecule has 17 heavy (non-hydrogen) atoms. The topological polar surface area (TPSA) is 9.23 Å². The highest BCUT2D eigenvalue weighted by molar-refractivity contribution is 6.18. The van der Waals surface area contributed by atoms with Crippen LogP contribution >= 0.6 is 11.6 Å². The van der Waals surface area contributed by atoms with Gasteiger partial charge in [0.25, 0.3) is 0 Å². The second-order valence-electron chi connectivity index (χ2n) is 4.92. The molecule has 0 heterocycles. The predicted octanol–water partition coefficient (Wildman–Crippen LogP) is 4.21. The second-order valence-corrected chi connectivity index (χ2v) is 5.23. The van der Waals surface area contributed by atoms with Crippen molar-refractivity contribution >= 4 is 11.6 Å². The molecule has 0 bridgehead atoms. The van der Waals surface area contributed by atoms with Crippen LogP contribution in [0.15, 0.2) is 24.3 Å². The average Bonchev–Trinajstić information content (AvgIpc) is 2.27. The van der Waals surface area contributed by atoms with E-state index in [9.17, 15) is 0 Å². The highest BCUT2D eigenvalue weighted by Crippen LogP contribution is 2.15. The lowest BCUT2D eigenvalue weighted by Crippen LogP contribution is -2.12. The summed E-state index contributed by atoms with van der Waals surface area (Å²) in [5.74, 6) is 1.22. The van der Waals surface area contributed by atoms with E-state index < -0.39 is 0 Å². The molecule has 0 amide bonds. The molecule has 0 N–H and O–H groups in total. The Kier molecular flexibility index (Phi) is 6.61. The minimum Gasteiger partial charge on any atom is -0.379 e. The van der Waals surface area contributed by atoms with E-state index in [1.54, 1.807) is 0 Å². The van der Waals surface area contributed by atoms with Crippen LogP contribution in [0.5, 0.6) is 0 Å². The number of ether oxygens (including phenoxy) is 1. The van der Waals surface area contributed by atoms with Gasteiger partial charge in [0.15, 0.2) is 0 Å². The number of alkyl halides is 1. The van der Waals surface area contributed by atoms with Crippen molar-refractivity contribution in [3.8, 4) is 0 Å². The second kappa shape index (κ2) is 7.73. The largest absolute Gasteiger partial charge is 0.379 e. The van der Waals surface area contributed by atoms with Crippen molar-refractivity contribution in [3.63, 3.8) is 0 Å². The molecule has 0 aliphatic carbocycles. The van der Waals surface area contributed by atoms with Crippen LogP contribution in [-0.2, 0) is 11.2 Å². The summed E-state index contributed by atoms with van der Waals surface area (Å²) in [6.07, 6.45) is 2.40. The van der Waals surface area contributed by atoms with Gasteiger partial charge in [0.05, 0.1) is 6.10 Å². The van der Waals surface area contributed by atoms with E-state index in [4.69, 9.17) is 16.3 Å². The molecule has 0 spiro atoms. The first-order valence-electron chi connectivity index (χ1n) is 6.35. The Hall–Kier alpha value is -0.530. The van der Waals surface area contributed by atoms with Crippen molar-refractivity contribution in [1.29, 1.82) is 0 Å². The van der Waals surface area contributed by atoms with Gasteiger partial charge < -0.3 is 4.74 Å². The van der Waals surface area contributed by atoms with Gasteiger partial charge in [-0.25, -0.2) is 0 Å². The van der Waals surface area contributed by atoms with Crippen molar-refractivity contribution in [2.75, 3.05) is 12.5 Å². The predicted molar refractivity (Wildman–Crippen MR) is 74.8 cm³/mol. The molecule has 1 aromatic rings. The summed E-state index contributed by atoms with van der Waals surface area (Å²) >= 11 is 6.02. The third kappa shape index (κ3) is 6.09. The van der Waals surface area contributed by atoms with E-state index in [-0.39, 0.29) is 0 Å². The van der Waals surface area contributed by atoms with Gasteiger partial charge in [0.2, 0.25) is 0 Å². The molecule has 0 aliphatic heterocycles. The fourth-order valence-electron chi connectivity index (χ4n) is 1.88. The molecule has 1 rings (SSSR count). The summed E-state index contributed by atoms with van der Waals surface area (Å²) in [6, 6.07) is 8.65. The van der Waals surface area contributed by atoms with Gasteiger partial charge in [-0.3, -0.25) is 0 Å². The van der Waals surface area contributed by atoms with E-state index >= 15 is 0 Å². The zero-order valence-electron chi connectivity index (χ0n) is 11.1. The van der Waals surface area contributed by atoms with E-state index in [2.05, 4.69) is 45.0 Å². The molecule has 1 nitrogen and oxygen atoms in total. The average molecular weight is 255 g/mol. The number of halogens is 1. The molecule has 96 valence electrons. The fourth-order valence-corrected chi connectivity index (χ4v) is 2.14. The number of benzene rings is 1. The maximum atomic E-state index is 6.02. The zero-order valence-corrected chi connectivity index (χ0v) is 11.8. The summed E-state index contributed by atoms with van der Waals surface area (Å²) in [5, 5.41) is 0. The number of aryl methyl sites for hydroxylation is 1. The number of hydrogen-bond acceptors (Lipinski definition) is 1. The summed E-state index contributed by atoms with van der Waals surface area (Å²) in [4.78, 5) is 0. The van der Waals surface area contributed by atoms with Crippen LogP contribution in [0, 0.1) is 12.8 Å². The maximum Gasteiger partial charge on any atom is 0.0518 e. The molecule has 0 aliphatic rings. The summed E-state index contributed by atoms with van der Waals surface area (Å²) in [7, 11) is 0. The van der Waals surface area contributed by atoms with Crippen molar-refractivity contribution < 1.29 is 4.74 Å². The molecule has 0 aromatic heterocycles. The van der Waals surface area contributed by atoms with Crippen LogP contribution in [0.3, 0.4) is 0 Å². The van der Waals surface area contributed by atoms with Crippen molar-refractivity contribution in [2.45, 2.75) is 39.7 Å². The zero-order chi connectivity index (χ0) is 12.7. The quantitative estimate of drug-likeness (QED) is 0.663. The van der Waals surface area contributed by atoms with Crippen LogP contribution in [0.2, 0.25) is 0 Å². The van der Waals surface area contributed by atoms with Gasteiger partial charge in [-0.1, -0.05) is 29.8 Å². The monoisotopic (exact) mass is 254 g/mol. The lowest BCUT2D eigenvalue weighted by molar-refractivity contribution is 0.0700. The van der Waals surface area contributed by atoms with Gasteiger partial charge >= 0.3 is 0 Å². The van der Waals surface area contributed by atoms with E-state index in [1.165, 1.54) is 11.1 Å². The van der Waals surface area contributed by atoms with Crippen LogP contribution in [0.4, 0.5) is 0 Å². The number of hydrogen-bond donors (Lipinski definition) is 0. The van der Waals surface area contributed by atoms with E-state index in [0.29, 0.717) is 17.9 Å². The molecule has 1 atom stereocenters. The van der Waals surface area contributed by atoms with Crippen LogP contribution in [0.1, 0.15) is 31.4 Å². The van der Waals surface area contributed by atoms with E-state index in [0.717, 1.165) is 19.4 Å². The lowest BCUT2D eigenvalue weighted by atomic mass is 9.97. The Morgan fingerprint density at radius 3 is 2.65 bits per heavy atom.